The number of rotatable bonds is 4. The lowest BCUT2D eigenvalue weighted by molar-refractivity contribution is 0.0611. The van der Waals surface area contributed by atoms with E-state index in [-0.39, 0.29) is 18.1 Å². The van der Waals surface area contributed by atoms with Gasteiger partial charge in [0.05, 0.1) is 24.3 Å². The quantitative estimate of drug-likeness (QED) is 0.876. The fraction of sp³-hybridized carbons (Fsp3) is 0.615. The van der Waals surface area contributed by atoms with Crippen LogP contribution in [0.3, 0.4) is 0 Å². The van der Waals surface area contributed by atoms with Crippen LogP contribution in [0.1, 0.15) is 22.5 Å². The van der Waals surface area contributed by atoms with Crippen molar-refractivity contribution in [3.63, 3.8) is 0 Å². The second-order valence-electron chi connectivity index (χ2n) is 4.68. The summed E-state index contributed by atoms with van der Waals surface area (Å²) in [7, 11) is 3.34. The Hall–Kier alpha value is -1.33. The standard InChI is InChI=1S/C13H20N2O3/c1-9-12(4-5-14-9)13(16)15-7-11(18-3)6-10(15)8-17-2/h4-5,10-11,14H,6-8H2,1-3H3/t10-,11-/m0/s1. The van der Waals surface area contributed by atoms with Crippen molar-refractivity contribution in [1.29, 1.82) is 0 Å². The molecule has 2 atom stereocenters. The maximum absolute atomic E-state index is 12.5. The van der Waals surface area contributed by atoms with Gasteiger partial charge in [-0.15, -0.1) is 0 Å². The summed E-state index contributed by atoms with van der Waals surface area (Å²) < 4.78 is 10.5. The highest BCUT2D eigenvalue weighted by molar-refractivity contribution is 5.95. The molecule has 5 heteroatoms. The molecule has 0 radical (unpaired) electrons. The van der Waals surface area contributed by atoms with Crippen molar-refractivity contribution in [3.05, 3.63) is 23.5 Å². The van der Waals surface area contributed by atoms with E-state index in [1.165, 1.54) is 0 Å². The Morgan fingerprint density at radius 2 is 2.33 bits per heavy atom. The number of amides is 1. The molecule has 0 aromatic carbocycles. The van der Waals surface area contributed by atoms with Crippen LogP contribution >= 0.6 is 0 Å². The summed E-state index contributed by atoms with van der Waals surface area (Å²) >= 11 is 0. The summed E-state index contributed by atoms with van der Waals surface area (Å²) in [6, 6.07) is 1.92. The third-order valence-electron chi connectivity index (χ3n) is 3.51. The number of nitrogens with one attached hydrogen (secondary N) is 1. The van der Waals surface area contributed by atoms with Gasteiger partial charge < -0.3 is 19.4 Å². The van der Waals surface area contributed by atoms with Crippen molar-refractivity contribution >= 4 is 5.91 Å². The molecule has 1 aliphatic rings. The van der Waals surface area contributed by atoms with Crippen LogP contribution < -0.4 is 0 Å². The Kier molecular flexibility index (Phi) is 4.04. The lowest BCUT2D eigenvalue weighted by atomic mass is 10.2. The Morgan fingerprint density at radius 3 is 2.89 bits per heavy atom. The summed E-state index contributed by atoms with van der Waals surface area (Å²) in [5.41, 5.74) is 1.63. The summed E-state index contributed by atoms with van der Waals surface area (Å²) in [5, 5.41) is 0. The van der Waals surface area contributed by atoms with Crippen molar-refractivity contribution in [2.75, 3.05) is 27.4 Å². The largest absolute Gasteiger partial charge is 0.383 e. The zero-order valence-electron chi connectivity index (χ0n) is 11.1. The molecule has 0 saturated carbocycles. The van der Waals surface area contributed by atoms with Gasteiger partial charge in [-0.2, -0.15) is 0 Å². The predicted molar refractivity (Wildman–Crippen MR) is 67.6 cm³/mol. The number of likely N-dealkylation sites (tertiary alicyclic amines) is 1. The predicted octanol–water partition coefficient (Wildman–Crippen LogP) is 1.20. The molecule has 18 heavy (non-hydrogen) atoms. The number of aromatic amines is 1. The van der Waals surface area contributed by atoms with Crippen LogP contribution in [-0.4, -0.2) is 55.3 Å². The Balaban J connectivity index is 2.15. The minimum atomic E-state index is 0.0513. The molecule has 2 heterocycles. The highest BCUT2D eigenvalue weighted by atomic mass is 16.5. The zero-order chi connectivity index (χ0) is 13.1. The highest BCUT2D eigenvalue weighted by Crippen LogP contribution is 2.23. The molecule has 0 aliphatic carbocycles. The first-order valence-corrected chi connectivity index (χ1v) is 6.14. The molecule has 100 valence electrons. The van der Waals surface area contributed by atoms with E-state index >= 15 is 0 Å². The minimum Gasteiger partial charge on any atom is -0.383 e. The molecule has 1 aliphatic heterocycles. The number of hydrogen-bond acceptors (Lipinski definition) is 3. The lowest BCUT2D eigenvalue weighted by Crippen LogP contribution is -2.38. The van der Waals surface area contributed by atoms with Crippen LogP contribution in [0, 0.1) is 6.92 Å². The Bertz CT molecular complexity index is 416. The monoisotopic (exact) mass is 252 g/mol. The number of aryl methyl sites for hydroxylation is 1. The highest BCUT2D eigenvalue weighted by Gasteiger charge is 2.36. The second kappa shape index (κ2) is 5.54. The first-order chi connectivity index (χ1) is 8.67. The first kappa shape index (κ1) is 13.1. The van der Waals surface area contributed by atoms with Gasteiger partial charge in [0, 0.05) is 32.7 Å². The maximum atomic E-state index is 12.5. The fourth-order valence-corrected chi connectivity index (χ4v) is 2.48. The van der Waals surface area contributed by atoms with Crippen LogP contribution in [0.25, 0.3) is 0 Å². The van der Waals surface area contributed by atoms with Gasteiger partial charge in [0.15, 0.2) is 0 Å². The molecule has 5 nitrogen and oxygen atoms in total. The van der Waals surface area contributed by atoms with Gasteiger partial charge in [-0.1, -0.05) is 0 Å². The molecule has 1 aromatic rings. The van der Waals surface area contributed by atoms with E-state index in [1.807, 2.05) is 17.9 Å². The van der Waals surface area contributed by atoms with E-state index in [1.54, 1.807) is 20.4 Å². The number of methoxy groups -OCH3 is 2. The normalized spacial score (nSPS) is 23.6. The van der Waals surface area contributed by atoms with Crippen molar-refractivity contribution in [3.8, 4) is 0 Å². The number of hydrogen-bond donors (Lipinski definition) is 1. The van der Waals surface area contributed by atoms with Crippen LogP contribution in [-0.2, 0) is 9.47 Å². The van der Waals surface area contributed by atoms with E-state index in [0.29, 0.717) is 13.2 Å². The van der Waals surface area contributed by atoms with Gasteiger partial charge in [-0.3, -0.25) is 4.79 Å². The minimum absolute atomic E-state index is 0.0513. The molecule has 1 amide bonds. The fourth-order valence-electron chi connectivity index (χ4n) is 2.48. The SMILES string of the molecule is COC[C@@H]1C[C@H](OC)CN1C(=O)c1cc[nH]c1C. The molecule has 1 N–H and O–H groups in total. The molecule has 0 spiro atoms. The molecule has 1 saturated heterocycles. The smallest absolute Gasteiger partial charge is 0.256 e. The van der Waals surface area contributed by atoms with Crippen LogP contribution in [0.2, 0.25) is 0 Å². The van der Waals surface area contributed by atoms with Gasteiger partial charge in [0.1, 0.15) is 0 Å². The maximum Gasteiger partial charge on any atom is 0.256 e. The number of nitrogens with zero attached hydrogens (tertiary/aromatic N) is 1. The van der Waals surface area contributed by atoms with Crippen molar-refractivity contribution in [2.24, 2.45) is 0 Å². The van der Waals surface area contributed by atoms with Crippen LogP contribution in [0.15, 0.2) is 12.3 Å². The average molecular weight is 252 g/mol. The summed E-state index contributed by atoms with van der Waals surface area (Å²) in [5.74, 6) is 0.0513. The molecule has 0 bridgehead atoms. The molecular weight excluding hydrogens is 232 g/mol. The molecule has 1 aromatic heterocycles. The third-order valence-corrected chi connectivity index (χ3v) is 3.51. The van der Waals surface area contributed by atoms with E-state index in [9.17, 15) is 4.79 Å². The van der Waals surface area contributed by atoms with Gasteiger partial charge in [0.25, 0.3) is 5.91 Å². The van der Waals surface area contributed by atoms with Crippen molar-refractivity contribution in [2.45, 2.75) is 25.5 Å². The molecule has 2 rings (SSSR count). The number of H-pyrrole nitrogens is 1. The summed E-state index contributed by atoms with van der Waals surface area (Å²) in [4.78, 5) is 17.4. The van der Waals surface area contributed by atoms with Gasteiger partial charge in [-0.25, -0.2) is 0 Å². The summed E-state index contributed by atoms with van der Waals surface area (Å²) in [6.45, 7) is 3.09. The van der Waals surface area contributed by atoms with Gasteiger partial charge >= 0.3 is 0 Å². The second-order valence-corrected chi connectivity index (χ2v) is 4.68. The van der Waals surface area contributed by atoms with E-state index in [2.05, 4.69) is 4.98 Å². The van der Waals surface area contributed by atoms with Gasteiger partial charge in [-0.05, 0) is 19.4 Å². The topological polar surface area (TPSA) is 54.6 Å². The van der Waals surface area contributed by atoms with Crippen LogP contribution in [0.5, 0.6) is 0 Å². The lowest BCUT2D eigenvalue weighted by Gasteiger charge is -2.23. The first-order valence-electron chi connectivity index (χ1n) is 6.14. The number of ether oxygens (including phenoxy) is 2. The zero-order valence-corrected chi connectivity index (χ0v) is 11.1. The Morgan fingerprint density at radius 1 is 1.56 bits per heavy atom. The van der Waals surface area contributed by atoms with E-state index < -0.39 is 0 Å². The summed E-state index contributed by atoms with van der Waals surface area (Å²) in [6.07, 6.45) is 2.73. The van der Waals surface area contributed by atoms with Crippen molar-refractivity contribution in [1.82, 2.24) is 9.88 Å². The average Bonchev–Trinajstić information content (AvgIpc) is 2.95. The van der Waals surface area contributed by atoms with E-state index in [0.717, 1.165) is 17.7 Å². The Labute approximate surface area is 107 Å². The molecule has 1 fully saturated rings. The number of aromatic nitrogens is 1. The number of carbonyl (C=O) groups is 1. The molecular formula is C13H20N2O3. The van der Waals surface area contributed by atoms with Crippen LogP contribution in [0.4, 0.5) is 0 Å². The van der Waals surface area contributed by atoms with Gasteiger partial charge in [0.2, 0.25) is 0 Å². The molecule has 0 unspecified atom stereocenters. The van der Waals surface area contributed by atoms with Crippen molar-refractivity contribution < 1.29 is 14.3 Å². The van der Waals surface area contributed by atoms with E-state index in [4.69, 9.17) is 9.47 Å². The third kappa shape index (κ3) is 2.42. The number of carbonyl (C=O) groups excluding carboxylic acids is 1.